The number of amides is 1. The van der Waals surface area contributed by atoms with Crippen LogP contribution in [0, 0.1) is 5.41 Å². The minimum Gasteiger partial charge on any atom is -0.357 e. The maximum Gasteiger partial charge on any atom is 0.225 e. The zero-order valence-corrected chi connectivity index (χ0v) is 13.1. The van der Waals surface area contributed by atoms with Gasteiger partial charge in [0, 0.05) is 19.5 Å². The molecule has 1 aromatic rings. The third kappa shape index (κ3) is 3.73. The summed E-state index contributed by atoms with van der Waals surface area (Å²) in [6.45, 7) is 6.65. The van der Waals surface area contributed by atoms with Crippen molar-refractivity contribution in [2.24, 2.45) is 11.1 Å². The molecule has 0 atom stereocenters. The molecule has 1 amide bonds. The molecule has 0 aromatic carbocycles. The highest BCUT2D eigenvalue weighted by Crippen LogP contribution is 2.43. The van der Waals surface area contributed by atoms with Gasteiger partial charge in [-0.05, 0) is 50.8 Å². The van der Waals surface area contributed by atoms with Crippen LogP contribution in [0.25, 0.3) is 0 Å². The molecule has 116 valence electrons. The van der Waals surface area contributed by atoms with Gasteiger partial charge in [-0.1, -0.05) is 6.42 Å². The van der Waals surface area contributed by atoms with E-state index >= 15 is 0 Å². The Kier molecular flexibility index (Phi) is 5.17. The Hall–Kier alpha value is -1.62. The van der Waals surface area contributed by atoms with Crippen LogP contribution in [0.5, 0.6) is 0 Å². The first kappa shape index (κ1) is 15.8. The number of nitrogens with zero attached hydrogens (tertiary/aromatic N) is 2. The Morgan fingerprint density at radius 1 is 1.38 bits per heavy atom. The molecule has 0 bridgehead atoms. The maximum absolute atomic E-state index is 12.1. The van der Waals surface area contributed by atoms with Crippen molar-refractivity contribution in [3.63, 3.8) is 0 Å². The summed E-state index contributed by atoms with van der Waals surface area (Å²) in [5, 5.41) is 2.93. The smallest absolute Gasteiger partial charge is 0.225 e. The Balaban J connectivity index is 1.92. The fourth-order valence-electron chi connectivity index (χ4n) is 2.87. The topological polar surface area (TPSA) is 71.2 Å². The second-order valence-corrected chi connectivity index (χ2v) is 5.86. The van der Waals surface area contributed by atoms with Gasteiger partial charge < -0.3 is 16.0 Å². The average molecular weight is 290 g/mol. The van der Waals surface area contributed by atoms with Crippen molar-refractivity contribution in [2.45, 2.75) is 39.5 Å². The van der Waals surface area contributed by atoms with Crippen molar-refractivity contribution in [2.75, 3.05) is 29.9 Å². The lowest BCUT2D eigenvalue weighted by Gasteiger charge is -2.40. The lowest BCUT2D eigenvalue weighted by molar-refractivity contribution is -0.119. The number of nitrogens with one attached hydrogen (secondary N) is 1. The van der Waals surface area contributed by atoms with Crippen LogP contribution in [0.4, 0.5) is 11.5 Å². The van der Waals surface area contributed by atoms with Gasteiger partial charge in [-0.3, -0.25) is 4.79 Å². The van der Waals surface area contributed by atoms with Crippen molar-refractivity contribution < 1.29 is 4.79 Å². The molecule has 0 aliphatic heterocycles. The SMILES string of the molecule is CCN(CC)c1ccc(NC(=O)CC2(CN)CCC2)cn1. The molecule has 1 fully saturated rings. The highest BCUT2D eigenvalue weighted by atomic mass is 16.1. The molecule has 5 nitrogen and oxygen atoms in total. The summed E-state index contributed by atoms with van der Waals surface area (Å²) in [6.07, 6.45) is 5.56. The van der Waals surface area contributed by atoms with Gasteiger partial charge in [-0.2, -0.15) is 0 Å². The predicted octanol–water partition coefficient (Wildman–Crippen LogP) is 2.39. The zero-order chi connectivity index (χ0) is 15.3. The summed E-state index contributed by atoms with van der Waals surface area (Å²) >= 11 is 0. The molecule has 1 aromatic heterocycles. The van der Waals surface area contributed by atoms with Gasteiger partial charge in [0.1, 0.15) is 5.82 Å². The van der Waals surface area contributed by atoms with Gasteiger partial charge in [-0.15, -0.1) is 0 Å². The Bertz CT molecular complexity index is 458. The molecule has 0 radical (unpaired) electrons. The zero-order valence-electron chi connectivity index (χ0n) is 13.1. The third-order valence-electron chi connectivity index (χ3n) is 4.50. The molecule has 0 unspecified atom stereocenters. The van der Waals surface area contributed by atoms with Gasteiger partial charge in [0.05, 0.1) is 11.9 Å². The van der Waals surface area contributed by atoms with E-state index in [1.165, 1.54) is 6.42 Å². The van der Waals surface area contributed by atoms with Crippen molar-refractivity contribution in [3.8, 4) is 0 Å². The first-order chi connectivity index (χ1) is 10.1. The van der Waals surface area contributed by atoms with Crippen molar-refractivity contribution in [1.29, 1.82) is 0 Å². The largest absolute Gasteiger partial charge is 0.357 e. The number of aromatic nitrogens is 1. The monoisotopic (exact) mass is 290 g/mol. The van der Waals surface area contributed by atoms with E-state index in [1.54, 1.807) is 6.20 Å². The standard InChI is InChI=1S/C16H26N4O/c1-3-20(4-2)14-7-6-13(11-18-14)19-15(21)10-16(12-17)8-5-9-16/h6-7,11H,3-5,8-10,12,17H2,1-2H3,(H,19,21). The highest BCUT2D eigenvalue weighted by Gasteiger charge is 2.37. The molecule has 0 saturated heterocycles. The number of nitrogens with two attached hydrogens (primary N) is 1. The van der Waals surface area contributed by atoms with E-state index in [2.05, 4.69) is 29.0 Å². The highest BCUT2D eigenvalue weighted by molar-refractivity contribution is 5.91. The van der Waals surface area contributed by atoms with Crippen molar-refractivity contribution in [3.05, 3.63) is 18.3 Å². The van der Waals surface area contributed by atoms with Crippen LogP contribution >= 0.6 is 0 Å². The quantitative estimate of drug-likeness (QED) is 0.809. The van der Waals surface area contributed by atoms with Gasteiger partial charge in [0.2, 0.25) is 5.91 Å². The lowest BCUT2D eigenvalue weighted by atomic mass is 9.66. The van der Waals surface area contributed by atoms with Crippen LogP contribution in [-0.2, 0) is 4.79 Å². The summed E-state index contributed by atoms with van der Waals surface area (Å²) < 4.78 is 0. The van der Waals surface area contributed by atoms with Crippen molar-refractivity contribution in [1.82, 2.24) is 4.98 Å². The minimum atomic E-state index is 0.0394. The van der Waals surface area contributed by atoms with E-state index in [4.69, 9.17) is 5.73 Å². The third-order valence-corrected chi connectivity index (χ3v) is 4.50. The van der Waals surface area contributed by atoms with Gasteiger partial charge >= 0.3 is 0 Å². The van der Waals surface area contributed by atoms with Gasteiger partial charge in [0.25, 0.3) is 0 Å². The fourth-order valence-corrected chi connectivity index (χ4v) is 2.87. The first-order valence-electron chi connectivity index (χ1n) is 7.83. The number of hydrogen-bond donors (Lipinski definition) is 2. The molecule has 1 aliphatic carbocycles. The van der Waals surface area contributed by atoms with E-state index in [0.29, 0.717) is 13.0 Å². The Labute approximate surface area is 126 Å². The molecule has 5 heteroatoms. The normalized spacial score (nSPS) is 16.1. The summed E-state index contributed by atoms with van der Waals surface area (Å²) in [4.78, 5) is 18.7. The molecule has 1 saturated carbocycles. The van der Waals surface area contributed by atoms with E-state index < -0.39 is 0 Å². The molecule has 21 heavy (non-hydrogen) atoms. The molecule has 1 aliphatic rings. The van der Waals surface area contributed by atoms with Gasteiger partial charge in [-0.25, -0.2) is 4.98 Å². The number of carbonyl (C=O) groups is 1. The van der Waals surface area contributed by atoms with Gasteiger partial charge in [0.15, 0.2) is 0 Å². The number of pyridine rings is 1. The van der Waals surface area contributed by atoms with E-state index in [-0.39, 0.29) is 11.3 Å². The minimum absolute atomic E-state index is 0.0394. The van der Waals surface area contributed by atoms with Crippen LogP contribution in [0.2, 0.25) is 0 Å². The predicted molar refractivity (Wildman–Crippen MR) is 86.4 cm³/mol. The molecule has 2 rings (SSSR count). The molecule has 0 spiro atoms. The Morgan fingerprint density at radius 2 is 2.10 bits per heavy atom. The van der Waals surface area contributed by atoms with Crippen LogP contribution in [0.3, 0.4) is 0 Å². The fraction of sp³-hybridized carbons (Fsp3) is 0.625. The van der Waals surface area contributed by atoms with Crippen LogP contribution in [0.15, 0.2) is 18.3 Å². The van der Waals surface area contributed by atoms with E-state index in [1.807, 2.05) is 12.1 Å². The van der Waals surface area contributed by atoms with Crippen LogP contribution in [-0.4, -0.2) is 30.5 Å². The van der Waals surface area contributed by atoms with E-state index in [0.717, 1.165) is 37.4 Å². The maximum atomic E-state index is 12.1. The summed E-state index contributed by atoms with van der Waals surface area (Å²) in [6, 6.07) is 3.86. The molecule has 3 N–H and O–H groups in total. The molecular formula is C16H26N4O. The molecule has 1 heterocycles. The number of hydrogen-bond acceptors (Lipinski definition) is 4. The molecular weight excluding hydrogens is 264 g/mol. The average Bonchev–Trinajstić information content (AvgIpc) is 2.46. The van der Waals surface area contributed by atoms with Crippen LogP contribution < -0.4 is 16.0 Å². The second-order valence-electron chi connectivity index (χ2n) is 5.86. The van der Waals surface area contributed by atoms with E-state index in [9.17, 15) is 4.79 Å². The Morgan fingerprint density at radius 3 is 2.52 bits per heavy atom. The number of anilines is 2. The summed E-state index contributed by atoms with van der Waals surface area (Å²) in [5.74, 6) is 0.980. The summed E-state index contributed by atoms with van der Waals surface area (Å²) in [5.41, 5.74) is 6.59. The van der Waals surface area contributed by atoms with Crippen LogP contribution in [0.1, 0.15) is 39.5 Å². The first-order valence-corrected chi connectivity index (χ1v) is 7.83. The van der Waals surface area contributed by atoms with Crippen molar-refractivity contribution >= 4 is 17.4 Å². The number of rotatable bonds is 7. The number of carbonyl (C=O) groups excluding carboxylic acids is 1. The second kappa shape index (κ2) is 6.89. The summed E-state index contributed by atoms with van der Waals surface area (Å²) in [7, 11) is 0. The lowest BCUT2D eigenvalue weighted by Crippen LogP contribution is -2.40.